The van der Waals surface area contributed by atoms with Crippen LogP contribution in [0.3, 0.4) is 0 Å². The first kappa shape index (κ1) is 2.61. The fraction of sp³-hybridized carbons (Fsp3) is 0.667. The molecular formula is C3H4N2. The van der Waals surface area contributed by atoms with Gasteiger partial charge in [0.15, 0.2) is 6.17 Å². The molecule has 26 valence electrons. The highest BCUT2D eigenvalue weighted by Crippen LogP contribution is 1.92. The minimum absolute atomic E-state index is 0.204. The van der Waals surface area contributed by atoms with Crippen molar-refractivity contribution < 1.29 is 0 Å². The van der Waals surface area contributed by atoms with Crippen molar-refractivity contribution in [3.05, 3.63) is 0 Å². The molecule has 2 nitrogen and oxygen atoms in total. The van der Waals surface area contributed by atoms with Gasteiger partial charge in [0.25, 0.3) is 0 Å². The Morgan fingerprint density at radius 2 is 2.00 bits per heavy atom. The van der Waals surface area contributed by atoms with Gasteiger partial charge in [0, 0.05) is 0 Å². The molecule has 0 radical (unpaired) electrons. The summed E-state index contributed by atoms with van der Waals surface area (Å²) in [6.07, 6.45) is 0.204. The normalized spacial score (nSPS) is 19.4. The van der Waals surface area contributed by atoms with Gasteiger partial charge in [-0.25, -0.2) is 0 Å². The smallest absolute Gasteiger partial charge is 0.158 e. The van der Waals surface area contributed by atoms with Crippen molar-refractivity contribution in [1.82, 2.24) is 0 Å². The first-order valence-corrected chi connectivity index (χ1v) is 1.54. The molecule has 1 aliphatic rings. The molecule has 0 N–H and O–H groups in total. The molecule has 0 amide bonds. The standard InChI is InChI=1S/C3H4N2/c1-3-4-2-5-3/h3H,1H3. The van der Waals surface area contributed by atoms with E-state index in [0.717, 1.165) is 0 Å². The van der Waals surface area contributed by atoms with Crippen LogP contribution in [0.5, 0.6) is 0 Å². The predicted octanol–water partition coefficient (Wildman–Crippen LogP) is 0.520. The van der Waals surface area contributed by atoms with E-state index < -0.39 is 0 Å². The van der Waals surface area contributed by atoms with Crippen LogP contribution in [0.25, 0.3) is 0 Å². The summed E-state index contributed by atoms with van der Waals surface area (Å²) < 4.78 is 0. The molecule has 1 rings (SSSR count). The van der Waals surface area contributed by atoms with Gasteiger partial charge in [0.05, 0.1) is 6.01 Å². The molecule has 0 aromatic heterocycles. The van der Waals surface area contributed by atoms with E-state index in [4.69, 9.17) is 0 Å². The molecule has 1 aliphatic heterocycles. The fourth-order valence-corrected chi connectivity index (χ4v) is 0.173. The maximum absolute atomic E-state index is 3.65. The van der Waals surface area contributed by atoms with Crippen molar-refractivity contribution in [3.8, 4) is 0 Å². The van der Waals surface area contributed by atoms with Crippen molar-refractivity contribution in [2.75, 3.05) is 0 Å². The van der Waals surface area contributed by atoms with E-state index in [1.165, 1.54) is 0 Å². The van der Waals surface area contributed by atoms with E-state index >= 15 is 0 Å². The SMILES string of the molecule is CC1N=C=N1. The van der Waals surface area contributed by atoms with E-state index in [1.54, 1.807) is 0 Å². The quantitative estimate of drug-likeness (QED) is 0.395. The minimum atomic E-state index is 0.204. The van der Waals surface area contributed by atoms with Crippen molar-refractivity contribution in [3.63, 3.8) is 0 Å². The summed E-state index contributed by atoms with van der Waals surface area (Å²) in [6.45, 7) is 1.91. The largest absolute Gasteiger partial charge is 0.198 e. The fourth-order valence-electron chi connectivity index (χ4n) is 0.173. The number of rotatable bonds is 0. The first-order valence-electron chi connectivity index (χ1n) is 1.54. The summed E-state index contributed by atoms with van der Waals surface area (Å²) in [6, 6.07) is 2.41. The summed E-state index contributed by atoms with van der Waals surface area (Å²) >= 11 is 0. The van der Waals surface area contributed by atoms with Crippen LogP contribution < -0.4 is 0 Å². The van der Waals surface area contributed by atoms with Gasteiger partial charge in [0.1, 0.15) is 0 Å². The van der Waals surface area contributed by atoms with Crippen molar-refractivity contribution in [2.24, 2.45) is 9.98 Å². The van der Waals surface area contributed by atoms with Gasteiger partial charge in [-0.15, -0.1) is 0 Å². The molecule has 0 unspecified atom stereocenters. The third-order valence-electron chi connectivity index (χ3n) is 0.489. The maximum atomic E-state index is 3.65. The van der Waals surface area contributed by atoms with Crippen molar-refractivity contribution in [1.29, 1.82) is 0 Å². The van der Waals surface area contributed by atoms with Crippen LogP contribution in [0.1, 0.15) is 6.92 Å². The van der Waals surface area contributed by atoms with Crippen LogP contribution in [0.15, 0.2) is 9.98 Å². The monoisotopic (exact) mass is 68.0 g/mol. The van der Waals surface area contributed by atoms with Crippen LogP contribution in [0.4, 0.5) is 0 Å². The molecule has 1 heterocycles. The lowest BCUT2D eigenvalue weighted by Gasteiger charge is -1.95. The second-order valence-corrected chi connectivity index (χ2v) is 0.990. The predicted molar refractivity (Wildman–Crippen MR) is 19.3 cm³/mol. The third kappa shape index (κ3) is 0.222. The maximum Gasteiger partial charge on any atom is 0.158 e. The molecule has 0 aromatic carbocycles. The highest BCUT2D eigenvalue weighted by Gasteiger charge is 1.93. The lowest BCUT2D eigenvalue weighted by atomic mass is 10.6. The number of nitrogens with zero attached hydrogens (tertiary/aromatic N) is 2. The highest BCUT2D eigenvalue weighted by atomic mass is 15.1. The molecule has 0 spiro atoms. The zero-order valence-electron chi connectivity index (χ0n) is 2.97. The zero-order chi connectivity index (χ0) is 3.70. The summed E-state index contributed by atoms with van der Waals surface area (Å²) in [4.78, 5) is 7.31. The lowest BCUT2D eigenvalue weighted by molar-refractivity contribution is 0.762. The van der Waals surface area contributed by atoms with E-state index in [9.17, 15) is 0 Å². The van der Waals surface area contributed by atoms with Crippen LogP contribution in [0.2, 0.25) is 0 Å². The van der Waals surface area contributed by atoms with Crippen LogP contribution >= 0.6 is 0 Å². The topological polar surface area (TPSA) is 24.7 Å². The highest BCUT2D eigenvalue weighted by molar-refractivity contribution is 5.46. The average molecular weight is 68.1 g/mol. The number of hydrogen-bond acceptors (Lipinski definition) is 2. The Labute approximate surface area is 30.3 Å². The molecular weight excluding hydrogens is 64.0 g/mol. The molecule has 0 bridgehead atoms. The van der Waals surface area contributed by atoms with Crippen molar-refractivity contribution in [2.45, 2.75) is 13.1 Å². The summed E-state index contributed by atoms with van der Waals surface area (Å²) in [5, 5.41) is 0. The molecule has 0 saturated carbocycles. The molecule has 0 aliphatic carbocycles. The Morgan fingerprint density at radius 1 is 1.60 bits per heavy atom. The van der Waals surface area contributed by atoms with Gasteiger partial charge in [-0.3, -0.25) is 0 Å². The molecule has 0 atom stereocenters. The van der Waals surface area contributed by atoms with Crippen LogP contribution in [-0.2, 0) is 0 Å². The van der Waals surface area contributed by atoms with E-state index in [-0.39, 0.29) is 6.17 Å². The van der Waals surface area contributed by atoms with Gasteiger partial charge in [0.2, 0.25) is 0 Å². The Bertz CT molecular complexity index is 81.1. The van der Waals surface area contributed by atoms with Gasteiger partial charge in [-0.2, -0.15) is 9.98 Å². The second-order valence-electron chi connectivity index (χ2n) is 0.990. The van der Waals surface area contributed by atoms with E-state index in [2.05, 4.69) is 16.0 Å². The van der Waals surface area contributed by atoms with Crippen LogP contribution in [0, 0.1) is 0 Å². The first-order chi connectivity index (χ1) is 2.39. The summed E-state index contributed by atoms with van der Waals surface area (Å²) in [5.74, 6) is 0. The zero-order valence-corrected chi connectivity index (χ0v) is 2.97. The summed E-state index contributed by atoms with van der Waals surface area (Å²) in [7, 11) is 0. The molecule has 0 fully saturated rings. The Morgan fingerprint density at radius 3 is 2.00 bits per heavy atom. The number of hydrogen-bond donors (Lipinski definition) is 0. The average Bonchev–Trinajstić information content (AvgIpc) is 1.30. The van der Waals surface area contributed by atoms with Gasteiger partial charge in [-0.1, -0.05) is 0 Å². The Kier molecular flexibility index (Phi) is 0.345. The number of aliphatic imine (C=N–C) groups is 2. The van der Waals surface area contributed by atoms with Crippen molar-refractivity contribution >= 4 is 6.01 Å². The van der Waals surface area contributed by atoms with Gasteiger partial charge >= 0.3 is 0 Å². The molecule has 0 aromatic rings. The summed E-state index contributed by atoms with van der Waals surface area (Å²) in [5.41, 5.74) is 0. The molecule has 5 heavy (non-hydrogen) atoms. The second kappa shape index (κ2) is 0.661. The lowest BCUT2D eigenvalue weighted by Crippen LogP contribution is -1.96. The third-order valence-corrected chi connectivity index (χ3v) is 0.489. The molecule has 2 heteroatoms. The Balaban J connectivity index is 2.60. The van der Waals surface area contributed by atoms with Gasteiger partial charge in [-0.05, 0) is 6.92 Å². The van der Waals surface area contributed by atoms with E-state index in [1.807, 2.05) is 6.92 Å². The molecule has 0 saturated heterocycles. The van der Waals surface area contributed by atoms with E-state index in [0.29, 0.717) is 0 Å². The van der Waals surface area contributed by atoms with Crippen LogP contribution in [-0.4, -0.2) is 12.2 Å². The minimum Gasteiger partial charge on any atom is -0.198 e. The Hall–Kier alpha value is -0.620. The van der Waals surface area contributed by atoms with Gasteiger partial charge < -0.3 is 0 Å².